The number of aliphatic hydroxyl groups excluding tert-OH is 1. The fourth-order valence-electron chi connectivity index (χ4n) is 2.66. The van der Waals surface area contributed by atoms with Crippen molar-refractivity contribution in [3.63, 3.8) is 0 Å². The molecule has 3 nitrogen and oxygen atoms in total. The van der Waals surface area contributed by atoms with Gasteiger partial charge in [-0.2, -0.15) is 0 Å². The van der Waals surface area contributed by atoms with Crippen LogP contribution < -0.4 is 0 Å². The molecule has 0 amide bonds. The number of unbranched alkanes of at least 4 members (excludes halogenated alkanes) is 13. The van der Waals surface area contributed by atoms with E-state index in [2.05, 4.69) is 6.92 Å². The molecule has 0 aromatic heterocycles. The summed E-state index contributed by atoms with van der Waals surface area (Å²) < 4.78 is 0. The maximum absolute atomic E-state index is 10.4. The summed E-state index contributed by atoms with van der Waals surface area (Å²) in [6, 6.07) is 0. The second-order valence-electron chi connectivity index (χ2n) is 6.24. The van der Waals surface area contributed by atoms with Gasteiger partial charge in [0, 0.05) is 0 Å². The van der Waals surface area contributed by atoms with Gasteiger partial charge in [0.2, 0.25) is 0 Å². The van der Waals surface area contributed by atoms with E-state index in [1.807, 2.05) is 0 Å². The molecule has 128 valence electrons. The Morgan fingerprint density at radius 1 is 0.727 bits per heavy atom. The first-order valence-electron chi connectivity index (χ1n) is 9.09. The van der Waals surface area contributed by atoms with Gasteiger partial charge in [-0.25, -0.2) is 4.79 Å². The van der Waals surface area contributed by atoms with Crippen molar-refractivity contribution in [1.29, 1.82) is 0 Å². The van der Waals surface area contributed by atoms with E-state index in [1.54, 1.807) is 0 Å². The zero-order valence-corrected chi connectivity index (χ0v) is 14.0. The Kier molecular flexibility index (Phi) is 21.1. The summed E-state index contributed by atoms with van der Waals surface area (Å²) in [5.41, 5.74) is 0. The Bertz CT molecular complexity index is 234. The molecule has 4 heteroatoms. The van der Waals surface area contributed by atoms with Crippen molar-refractivity contribution < 1.29 is 15.0 Å². The minimum absolute atomic E-state index is 0. The molecule has 0 rings (SSSR count). The summed E-state index contributed by atoms with van der Waals surface area (Å²) in [5, 5.41) is 17.7. The number of carbonyl (C=O) groups is 1. The molecule has 0 aliphatic carbocycles. The topological polar surface area (TPSA) is 57.5 Å². The van der Waals surface area contributed by atoms with Gasteiger partial charge in [-0.3, -0.25) is 0 Å². The van der Waals surface area contributed by atoms with Gasteiger partial charge in [0.25, 0.3) is 0 Å². The predicted octanol–water partition coefficient (Wildman–Crippen LogP) is 4.65. The van der Waals surface area contributed by atoms with Crippen LogP contribution >= 0.6 is 0 Å². The monoisotopic (exact) mass is 308 g/mol. The summed E-state index contributed by atoms with van der Waals surface area (Å²) in [7, 11) is 0. The van der Waals surface area contributed by atoms with E-state index < -0.39 is 12.1 Å². The van der Waals surface area contributed by atoms with Crippen LogP contribution in [0.15, 0.2) is 0 Å². The van der Waals surface area contributed by atoms with Crippen LogP contribution in [0.1, 0.15) is 103 Å². The molecule has 1 atom stereocenters. The third-order valence-electron chi connectivity index (χ3n) is 4.12. The van der Waals surface area contributed by atoms with Crippen LogP contribution in [0.2, 0.25) is 0 Å². The first-order valence-corrected chi connectivity index (χ1v) is 9.09. The summed E-state index contributed by atoms with van der Waals surface area (Å²) in [5.74, 6) is -1.09. The molecule has 1 unspecified atom stereocenters. The van der Waals surface area contributed by atoms with Gasteiger partial charge in [-0.15, -0.1) is 0 Å². The van der Waals surface area contributed by atoms with Gasteiger partial charge in [-0.1, -0.05) is 96.8 Å². The molecule has 0 saturated heterocycles. The molecule has 0 aromatic rings. The van der Waals surface area contributed by atoms with Crippen molar-refractivity contribution in [2.75, 3.05) is 0 Å². The second kappa shape index (κ2) is 19.1. The maximum atomic E-state index is 10.4. The number of carboxylic acid groups (broad SMARTS) is 1. The first kappa shape index (κ1) is 24.3. The van der Waals surface area contributed by atoms with Crippen molar-refractivity contribution in [2.45, 2.75) is 109 Å². The Morgan fingerprint density at radius 3 is 1.36 bits per heavy atom. The second-order valence-corrected chi connectivity index (χ2v) is 6.24. The van der Waals surface area contributed by atoms with Gasteiger partial charge >= 0.3 is 24.8 Å². The Balaban J connectivity index is 0. The molecular formula is C18H37LiO3. The van der Waals surface area contributed by atoms with Gasteiger partial charge in [0.1, 0.15) is 0 Å². The molecule has 0 aliphatic heterocycles. The standard InChI is InChI=1S/C18H36O3.Li.H/c1-2-3-4-5-6-7-8-9-10-11-12-13-14-15-16-17(19)18(20)21;;/h17,19H,2-16H2,1H3,(H,20,21);;. The van der Waals surface area contributed by atoms with Crippen LogP contribution in [0.25, 0.3) is 0 Å². The van der Waals surface area contributed by atoms with Crippen LogP contribution in [0.3, 0.4) is 0 Å². The number of aliphatic hydroxyl groups is 1. The minimum atomic E-state index is -1.16. The van der Waals surface area contributed by atoms with Gasteiger partial charge < -0.3 is 10.2 Å². The molecule has 0 saturated carbocycles. The summed E-state index contributed by atoms with van der Waals surface area (Å²) in [4.78, 5) is 10.4. The van der Waals surface area contributed by atoms with E-state index in [0.29, 0.717) is 6.42 Å². The van der Waals surface area contributed by atoms with Crippen LogP contribution in [-0.4, -0.2) is 41.1 Å². The molecule has 0 bridgehead atoms. The average molecular weight is 308 g/mol. The number of carboxylic acids is 1. The number of hydrogen-bond acceptors (Lipinski definition) is 2. The predicted molar refractivity (Wildman–Crippen MR) is 95.7 cm³/mol. The molecule has 0 heterocycles. The first-order chi connectivity index (χ1) is 10.2. The molecule has 0 radical (unpaired) electrons. The summed E-state index contributed by atoms with van der Waals surface area (Å²) in [6.45, 7) is 2.26. The van der Waals surface area contributed by atoms with Crippen LogP contribution in [0.5, 0.6) is 0 Å². The molecular weight excluding hydrogens is 271 g/mol. The Hall–Kier alpha value is 0.0274. The molecule has 0 aromatic carbocycles. The Labute approximate surface area is 149 Å². The number of rotatable bonds is 16. The molecule has 0 fully saturated rings. The zero-order valence-electron chi connectivity index (χ0n) is 14.0. The number of hydrogen-bond donors (Lipinski definition) is 2. The van der Waals surface area contributed by atoms with E-state index >= 15 is 0 Å². The van der Waals surface area contributed by atoms with E-state index in [4.69, 9.17) is 10.2 Å². The summed E-state index contributed by atoms with van der Waals surface area (Å²) >= 11 is 0. The molecule has 0 aliphatic rings. The van der Waals surface area contributed by atoms with Crippen molar-refractivity contribution in [3.8, 4) is 0 Å². The average Bonchev–Trinajstić information content (AvgIpc) is 2.47. The third kappa shape index (κ3) is 18.1. The van der Waals surface area contributed by atoms with Crippen molar-refractivity contribution in [2.24, 2.45) is 0 Å². The van der Waals surface area contributed by atoms with Gasteiger partial charge in [0.05, 0.1) is 0 Å². The quantitative estimate of drug-likeness (QED) is 0.322. The van der Waals surface area contributed by atoms with E-state index in [9.17, 15) is 4.79 Å². The van der Waals surface area contributed by atoms with Crippen LogP contribution in [0.4, 0.5) is 0 Å². The molecule has 2 N–H and O–H groups in total. The number of aliphatic carboxylic acids is 1. The van der Waals surface area contributed by atoms with E-state index in [0.717, 1.165) is 12.8 Å². The van der Waals surface area contributed by atoms with Crippen molar-refractivity contribution >= 4 is 24.8 Å². The van der Waals surface area contributed by atoms with Gasteiger partial charge in [-0.05, 0) is 6.42 Å². The van der Waals surface area contributed by atoms with Crippen LogP contribution in [-0.2, 0) is 4.79 Å². The zero-order chi connectivity index (χ0) is 15.8. The van der Waals surface area contributed by atoms with Crippen molar-refractivity contribution in [1.82, 2.24) is 0 Å². The van der Waals surface area contributed by atoms with E-state index in [1.165, 1.54) is 77.0 Å². The summed E-state index contributed by atoms with van der Waals surface area (Å²) in [6.07, 6.45) is 17.3. The van der Waals surface area contributed by atoms with Gasteiger partial charge in [0.15, 0.2) is 6.10 Å². The normalized spacial score (nSPS) is 11.9. The fraction of sp³-hybridized carbons (Fsp3) is 0.944. The molecule has 22 heavy (non-hydrogen) atoms. The third-order valence-corrected chi connectivity index (χ3v) is 4.12. The fourth-order valence-corrected chi connectivity index (χ4v) is 2.66. The van der Waals surface area contributed by atoms with Crippen molar-refractivity contribution in [3.05, 3.63) is 0 Å². The molecule has 0 spiro atoms. The Morgan fingerprint density at radius 2 is 1.05 bits per heavy atom. The van der Waals surface area contributed by atoms with E-state index in [-0.39, 0.29) is 18.9 Å². The van der Waals surface area contributed by atoms with Crippen LogP contribution in [0, 0.1) is 0 Å². The SMILES string of the molecule is CCCCCCCCCCCCCCCCC(O)C(=O)O.[LiH].